The second-order valence-corrected chi connectivity index (χ2v) is 4.52. The van der Waals surface area contributed by atoms with Gasteiger partial charge < -0.3 is 15.5 Å². The van der Waals surface area contributed by atoms with Crippen molar-refractivity contribution in [1.29, 1.82) is 0 Å². The van der Waals surface area contributed by atoms with Gasteiger partial charge in [-0.25, -0.2) is 4.79 Å². The number of nitrogens with two attached hydrogens (primary N) is 1. The smallest absolute Gasteiger partial charge is 0.319 e. The third-order valence-electron chi connectivity index (χ3n) is 2.35. The Bertz CT molecular complexity index is 192. The molecule has 0 unspecified atom stereocenters. The van der Waals surface area contributed by atoms with Crippen LogP contribution in [0.25, 0.3) is 0 Å². The molecule has 2 N–H and O–H groups in total. The molecule has 0 aliphatic carbocycles. The van der Waals surface area contributed by atoms with Crippen molar-refractivity contribution in [3.63, 3.8) is 0 Å². The van der Waals surface area contributed by atoms with Gasteiger partial charge >= 0.3 is 6.03 Å². The summed E-state index contributed by atoms with van der Waals surface area (Å²) in [4.78, 5) is 15.1. The zero-order chi connectivity index (χ0) is 11.4. The van der Waals surface area contributed by atoms with E-state index in [1.165, 1.54) is 0 Å². The maximum atomic E-state index is 11.7. The average molecular weight is 201 g/mol. The summed E-state index contributed by atoms with van der Waals surface area (Å²) in [5, 5.41) is 0. The summed E-state index contributed by atoms with van der Waals surface area (Å²) in [7, 11) is 3.61. The molecule has 84 valence electrons. The monoisotopic (exact) mass is 201 g/mol. The second kappa shape index (κ2) is 5.20. The normalized spacial score (nSPS) is 11.3. The van der Waals surface area contributed by atoms with Crippen molar-refractivity contribution in [2.45, 2.75) is 20.8 Å². The van der Waals surface area contributed by atoms with Gasteiger partial charge in [-0.2, -0.15) is 0 Å². The predicted octanol–water partition coefficient (Wildman–Crippen LogP) is 0.975. The lowest BCUT2D eigenvalue weighted by molar-refractivity contribution is 0.155. The first-order valence-corrected chi connectivity index (χ1v) is 5.00. The highest BCUT2D eigenvalue weighted by molar-refractivity contribution is 5.73. The minimum atomic E-state index is -0.0149. The first-order valence-electron chi connectivity index (χ1n) is 5.00. The zero-order valence-corrected chi connectivity index (χ0v) is 10.0. The standard InChI is InChI=1S/C10H23N3O/c1-6-12(4)9(14)13(5)8-10(2,3)7-11/h6-8,11H2,1-5H3. The zero-order valence-electron chi connectivity index (χ0n) is 10.0. The van der Waals surface area contributed by atoms with Crippen LogP contribution in [0.1, 0.15) is 20.8 Å². The molecule has 0 aromatic carbocycles. The second-order valence-electron chi connectivity index (χ2n) is 4.52. The number of hydrogen-bond acceptors (Lipinski definition) is 2. The van der Waals surface area contributed by atoms with Gasteiger partial charge in [-0.3, -0.25) is 0 Å². The van der Waals surface area contributed by atoms with E-state index in [0.717, 1.165) is 6.54 Å². The van der Waals surface area contributed by atoms with E-state index in [2.05, 4.69) is 13.8 Å². The third kappa shape index (κ3) is 3.96. The summed E-state index contributed by atoms with van der Waals surface area (Å²) in [6.07, 6.45) is 0. The van der Waals surface area contributed by atoms with Crippen molar-refractivity contribution in [2.75, 3.05) is 33.7 Å². The van der Waals surface area contributed by atoms with Gasteiger partial charge in [0, 0.05) is 27.2 Å². The van der Waals surface area contributed by atoms with Gasteiger partial charge in [0.15, 0.2) is 0 Å². The molecule has 2 amide bonds. The minimum Gasteiger partial charge on any atom is -0.330 e. The number of urea groups is 1. The lowest BCUT2D eigenvalue weighted by Crippen LogP contribution is -2.44. The molecule has 0 radical (unpaired) electrons. The van der Waals surface area contributed by atoms with Gasteiger partial charge in [0.1, 0.15) is 0 Å². The summed E-state index contributed by atoms with van der Waals surface area (Å²) >= 11 is 0. The molecular formula is C10H23N3O. The molecule has 0 aromatic rings. The lowest BCUT2D eigenvalue weighted by atomic mass is 9.93. The highest BCUT2D eigenvalue weighted by Crippen LogP contribution is 2.14. The van der Waals surface area contributed by atoms with Crippen LogP contribution in [0.15, 0.2) is 0 Å². The van der Waals surface area contributed by atoms with Crippen molar-refractivity contribution >= 4 is 6.03 Å². The number of carbonyl (C=O) groups is 1. The van der Waals surface area contributed by atoms with Crippen LogP contribution in [0.5, 0.6) is 0 Å². The number of rotatable bonds is 4. The molecule has 0 saturated carbocycles. The molecule has 0 atom stereocenters. The van der Waals surface area contributed by atoms with Crippen molar-refractivity contribution < 1.29 is 4.79 Å². The number of carbonyl (C=O) groups excluding carboxylic acids is 1. The molecule has 4 nitrogen and oxygen atoms in total. The topological polar surface area (TPSA) is 49.6 Å². The Morgan fingerprint density at radius 2 is 1.79 bits per heavy atom. The highest BCUT2D eigenvalue weighted by Gasteiger charge is 2.22. The third-order valence-corrected chi connectivity index (χ3v) is 2.35. The van der Waals surface area contributed by atoms with E-state index in [1.807, 2.05) is 14.0 Å². The fourth-order valence-electron chi connectivity index (χ4n) is 1.20. The van der Waals surface area contributed by atoms with Crippen LogP contribution in [-0.4, -0.2) is 49.6 Å². The average Bonchev–Trinajstić information content (AvgIpc) is 2.14. The van der Waals surface area contributed by atoms with Gasteiger partial charge in [-0.05, 0) is 18.9 Å². The minimum absolute atomic E-state index is 0.0149. The molecule has 0 heterocycles. The Balaban J connectivity index is 4.21. The van der Waals surface area contributed by atoms with E-state index < -0.39 is 0 Å². The predicted molar refractivity (Wildman–Crippen MR) is 59.2 cm³/mol. The Morgan fingerprint density at radius 1 is 1.29 bits per heavy atom. The molecule has 0 aromatic heterocycles. The molecule has 4 heteroatoms. The largest absolute Gasteiger partial charge is 0.330 e. The van der Waals surface area contributed by atoms with Crippen LogP contribution in [0.4, 0.5) is 4.79 Å². The van der Waals surface area contributed by atoms with E-state index in [-0.39, 0.29) is 11.4 Å². The fraction of sp³-hybridized carbons (Fsp3) is 0.900. The van der Waals surface area contributed by atoms with Crippen LogP contribution in [0.2, 0.25) is 0 Å². The maximum absolute atomic E-state index is 11.7. The van der Waals surface area contributed by atoms with Crippen molar-refractivity contribution in [3.05, 3.63) is 0 Å². The van der Waals surface area contributed by atoms with Crippen LogP contribution in [-0.2, 0) is 0 Å². The molecule has 0 aliphatic heterocycles. The van der Waals surface area contributed by atoms with Gasteiger partial charge in [0.05, 0.1) is 0 Å². The van der Waals surface area contributed by atoms with E-state index >= 15 is 0 Å². The van der Waals surface area contributed by atoms with Crippen LogP contribution < -0.4 is 5.73 Å². The van der Waals surface area contributed by atoms with E-state index in [0.29, 0.717) is 13.1 Å². The van der Waals surface area contributed by atoms with Crippen molar-refractivity contribution in [1.82, 2.24) is 9.80 Å². The summed E-state index contributed by atoms with van der Waals surface area (Å²) in [5.41, 5.74) is 5.60. The highest BCUT2D eigenvalue weighted by atomic mass is 16.2. The van der Waals surface area contributed by atoms with E-state index in [1.54, 1.807) is 16.8 Å². The molecule has 0 spiro atoms. The maximum Gasteiger partial charge on any atom is 0.319 e. The van der Waals surface area contributed by atoms with Crippen molar-refractivity contribution in [2.24, 2.45) is 11.1 Å². The Kier molecular flexibility index (Phi) is 4.91. The first-order chi connectivity index (χ1) is 6.34. The Labute approximate surface area is 87.0 Å². The Morgan fingerprint density at radius 3 is 2.14 bits per heavy atom. The van der Waals surface area contributed by atoms with Crippen LogP contribution in [0, 0.1) is 5.41 Å². The molecule has 0 bridgehead atoms. The van der Waals surface area contributed by atoms with Gasteiger partial charge in [-0.15, -0.1) is 0 Å². The summed E-state index contributed by atoms with van der Waals surface area (Å²) in [6.45, 7) is 8.07. The molecule has 0 aliphatic rings. The Hall–Kier alpha value is -0.770. The first kappa shape index (κ1) is 13.2. The summed E-state index contributed by atoms with van der Waals surface area (Å²) < 4.78 is 0. The van der Waals surface area contributed by atoms with Gasteiger partial charge in [0.25, 0.3) is 0 Å². The number of hydrogen-bond donors (Lipinski definition) is 1. The number of nitrogens with zero attached hydrogens (tertiary/aromatic N) is 2. The molecule has 0 fully saturated rings. The van der Waals surface area contributed by atoms with Gasteiger partial charge in [0.2, 0.25) is 0 Å². The quantitative estimate of drug-likeness (QED) is 0.737. The van der Waals surface area contributed by atoms with E-state index in [9.17, 15) is 4.79 Å². The molecule has 14 heavy (non-hydrogen) atoms. The van der Waals surface area contributed by atoms with E-state index in [4.69, 9.17) is 5.73 Å². The summed E-state index contributed by atoms with van der Waals surface area (Å²) in [5.74, 6) is 0. The number of amides is 2. The van der Waals surface area contributed by atoms with Crippen LogP contribution >= 0.6 is 0 Å². The van der Waals surface area contributed by atoms with Crippen molar-refractivity contribution in [3.8, 4) is 0 Å². The summed E-state index contributed by atoms with van der Waals surface area (Å²) in [6, 6.07) is 0.0500. The van der Waals surface area contributed by atoms with Gasteiger partial charge in [-0.1, -0.05) is 13.8 Å². The molecule has 0 saturated heterocycles. The SMILES string of the molecule is CCN(C)C(=O)N(C)CC(C)(C)CN. The molecular weight excluding hydrogens is 178 g/mol. The lowest BCUT2D eigenvalue weighted by Gasteiger charge is -2.31. The molecule has 0 rings (SSSR count). The van der Waals surface area contributed by atoms with Crippen LogP contribution in [0.3, 0.4) is 0 Å². The fourth-order valence-corrected chi connectivity index (χ4v) is 1.20.